The topological polar surface area (TPSA) is 150 Å². The van der Waals surface area contributed by atoms with Crippen LogP contribution < -0.4 is 20.2 Å². The maximum absolute atomic E-state index is 12.5. The minimum atomic E-state index is -0.697. The molecule has 0 saturated heterocycles. The van der Waals surface area contributed by atoms with Crippen molar-refractivity contribution in [3.8, 4) is 17.2 Å². The van der Waals surface area contributed by atoms with E-state index in [1.54, 1.807) is 36.4 Å². The third-order valence-electron chi connectivity index (χ3n) is 6.66. The highest BCUT2D eigenvalue weighted by Gasteiger charge is 2.21. The molecule has 0 radical (unpaired) electrons. The van der Waals surface area contributed by atoms with E-state index >= 15 is 0 Å². The summed E-state index contributed by atoms with van der Waals surface area (Å²) in [4.78, 5) is 35.8. The molecule has 0 unspecified atom stereocenters. The molecule has 46 heavy (non-hydrogen) atoms. The summed E-state index contributed by atoms with van der Waals surface area (Å²) in [5, 5.41) is 18.0. The molecule has 0 aliphatic rings. The van der Waals surface area contributed by atoms with Crippen LogP contribution in [0.15, 0.2) is 101 Å². The molecular formula is C33H28ClN5O7. The minimum absolute atomic E-state index is 0.00815. The molecule has 2 aromatic heterocycles. The Kier molecular flexibility index (Phi) is 9.78. The second-order valence-corrected chi connectivity index (χ2v) is 10.4. The highest BCUT2D eigenvalue weighted by atomic mass is 35.5. The molecule has 13 heteroatoms. The van der Waals surface area contributed by atoms with Crippen molar-refractivity contribution < 1.29 is 28.4 Å². The molecule has 0 saturated carbocycles. The first-order chi connectivity index (χ1) is 22.2. The Bertz CT molecular complexity index is 1880. The second kappa shape index (κ2) is 14.3. The molecule has 234 valence electrons. The summed E-state index contributed by atoms with van der Waals surface area (Å²) in [6.07, 6.45) is 1.18. The van der Waals surface area contributed by atoms with E-state index in [2.05, 4.69) is 32.5 Å². The monoisotopic (exact) mass is 641 g/mol. The lowest BCUT2D eigenvalue weighted by atomic mass is 10.2. The van der Waals surface area contributed by atoms with Crippen LogP contribution in [0.5, 0.6) is 11.5 Å². The van der Waals surface area contributed by atoms with Crippen LogP contribution >= 0.6 is 11.6 Å². The second-order valence-electron chi connectivity index (χ2n) is 10.0. The Labute approximate surface area is 268 Å². The van der Waals surface area contributed by atoms with Crippen molar-refractivity contribution in [1.29, 1.82) is 0 Å². The highest BCUT2D eigenvalue weighted by molar-refractivity contribution is 6.32. The zero-order chi connectivity index (χ0) is 32.6. The number of rotatable bonds is 12. The number of carbonyl (C=O) groups excluding carboxylic acids is 2. The van der Waals surface area contributed by atoms with Crippen molar-refractivity contribution in [2.75, 3.05) is 11.9 Å². The number of anilines is 1. The van der Waals surface area contributed by atoms with Gasteiger partial charge < -0.3 is 23.8 Å². The SMILES string of the molecule is Cc1ccc(C)n1-c1ccc(OCc2ccc(C(=O)N/N=C/c3cc(Cl)c(OCC(=O)Nc4ccccc4)c([N+](=O)[O-])c3)o2)cc1. The number of hydrazone groups is 1. The summed E-state index contributed by atoms with van der Waals surface area (Å²) >= 11 is 6.24. The van der Waals surface area contributed by atoms with Gasteiger partial charge in [-0.05, 0) is 80.6 Å². The van der Waals surface area contributed by atoms with E-state index in [-0.39, 0.29) is 28.7 Å². The molecule has 2 N–H and O–H groups in total. The normalized spacial score (nSPS) is 10.9. The van der Waals surface area contributed by atoms with Crippen LogP contribution in [0.3, 0.4) is 0 Å². The Morgan fingerprint density at radius 3 is 2.39 bits per heavy atom. The minimum Gasteiger partial charge on any atom is -0.486 e. The van der Waals surface area contributed by atoms with Gasteiger partial charge in [-0.3, -0.25) is 19.7 Å². The highest BCUT2D eigenvalue weighted by Crippen LogP contribution is 2.36. The van der Waals surface area contributed by atoms with Gasteiger partial charge in [0, 0.05) is 34.4 Å². The maximum Gasteiger partial charge on any atom is 0.313 e. The van der Waals surface area contributed by atoms with E-state index in [9.17, 15) is 19.7 Å². The molecule has 5 aromatic rings. The number of hydrogen-bond donors (Lipinski definition) is 2. The van der Waals surface area contributed by atoms with Gasteiger partial charge in [0.05, 0.1) is 16.2 Å². The number of amides is 2. The number of carbonyl (C=O) groups is 2. The lowest BCUT2D eigenvalue weighted by Gasteiger charge is -2.10. The van der Waals surface area contributed by atoms with E-state index in [0.717, 1.165) is 23.1 Å². The fourth-order valence-corrected chi connectivity index (χ4v) is 4.81. The van der Waals surface area contributed by atoms with Gasteiger partial charge >= 0.3 is 11.6 Å². The predicted octanol–water partition coefficient (Wildman–Crippen LogP) is 6.61. The van der Waals surface area contributed by atoms with Crippen molar-refractivity contribution >= 4 is 41.0 Å². The van der Waals surface area contributed by atoms with Crippen LogP contribution in [0.2, 0.25) is 5.02 Å². The summed E-state index contributed by atoms with van der Waals surface area (Å²) in [6.45, 7) is 3.68. The maximum atomic E-state index is 12.5. The molecule has 2 amide bonds. The standard InChI is InChI=1S/C33H28ClN5O7/c1-21-8-9-22(2)38(21)25-10-12-26(13-11-25)44-19-27-14-15-30(46-27)33(41)37-35-18-23-16-28(34)32(29(17-23)39(42)43)45-20-31(40)36-24-6-4-3-5-7-24/h3-18H,19-20H2,1-2H3,(H,36,40)(H,37,41)/b35-18+. The lowest BCUT2D eigenvalue weighted by molar-refractivity contribution is -0.385. The number of nitrogens with zero attached hydrogens (tertiary/aromatic N) is 3. The third kappa shape index (κ3) is 7.79. The molecule has 2 heterocycles. The van der Waals surface area contributed by atoms with Crippen LogP contribution in [0.25, 0.3) is 5.69 Å². The smallest absolute Gasteiger partial charge is 0.313 e. The first-order valence-corrected chi connectivity index (χ1v) is 14.3. The average Bonchev–Trinajstić information content (AvgIpc) is 3.66. The van der Waals surface area contributed by atoms with Crippen LogP contribution in [-0.4, -0.2) is 34.1 Å². The third-order valence-corrected chi connectivity index (χ3v) is 6.94. The molecule has 5 rings (SSSR count). The van der Waals surface area contributed by atoms with E-state index < -0.39 is 29.0 Å². The van der Waals surface area contributed by atoms with Crippen molar-refractivity contribution in [1.82, 2.24) is 9.99 Å². The van der Waals surface area contributed by atoms with Crippen molar-refractivity contribution in [3.63, 3.8) is 0 Å². The molecule has 0 fully saturated rings. The largest absolute Gasteiger partial charge is 0.486 e. The summed E-state index contributed by atoms with van der Waals surface area (Å²) in [6, 6.07) is 26.0. The van der Waals surface area contributed by atoms with Crippen LogP contribution in [0.4, 0.5) is 11.4 Å². The van der Waals surface area contributed by atoms with Gasteiger partial charge in [-0.2, -0.15) is 5.10 Å². The van der Waals surface area contributed by atoms with Crippen LogP contribution in [0.1, 0.15) is 33.3 Å². The first kappa shape index (κ1) is 31.5. The Hall–Kier alpha value is -5.88. The van der Waals surface area contributed by atoms with E-state index in [1.165, 1.54) is 18.3 Å². The summed E-state index contributed by atoms with van der Waals surface area (Å²) in [5.41, 5.74) is 5.87. The van der Waals surface area contributed by atoms with E-state index in [4.69, 9.17) is 25.5 Å². The van der Waals surface area contributed by atoms with E-state index in [0.29, 0.717) is 17.2 Å². The molecule has 3 aromatic carbocycles. The number of aryl methyl sites for hydroxylation is 2. The summed E-state index contributed by atoms with van der Waals surface area (Å²) in [7, 11) is 0. The summed E-state index contributed by atoms with van der Waals surface area (Å²) < 4.78 is 18.9. The van der Waals surface area contributed by atoms with Gasteiger partial charge in [-0.1, -0.05) is 29.8 Å². The summed E-state index contributed by atoms with van der Waals surface area (Å²) in [5.74, 6) is -0.391. The first-order valence-electron chi connectivity index (χ1n) is 13.9. The van der Waals surface area contributed by atoms with Crippen molar-refractivity contribution in [2.24, 2.45) is 5.10 Å². The van der Waals surface area contributed by atoms with Crippen LogP contribution in [0, 0.1) is 24.0 Å². The molecule has 0 atom stereocenters. The van der Waals surface area contributed by atoms with Gasteiger partial charge in [0.25, 0.3) is 5.91 Å². The van der Waals surface area contributed by atoms with Gasteiger partial charge in [-0.15, -0.1) is 0 Å². The quantitative estimate of drug-likeness (QED) is 0.0884. The van der Waals surface area contributed by atoms with Crippen molar-refractivity contribution in [3.05, 3.63) is 135 Å². The predicted molar refractivity (Wildman–Crippen MR) is 172 cm³/mol. The van der Waals surface area contributed by atoms with Gasteiger partial charge in [0.1, 0.15) is 18.1 Å². The number of para-hydroxylation sites is 1. The number of hydrogen-bond acceptors (Lipinski definition) is 8. The number of aromatic nitrogens is 1. The fourth-order valence-electron chi connectivity index (χ4n) is 4.53. The van der Waals surface area contributed by atoms with Gasteiger partial charge in [0.2, 0.25) is 5.75 Å². The number of nitro groups is 1. The zero-order valence-corrected chi connectivity index (χ0v) is 25.5. The fraction of sp³-hybridized carbons (Fsp3) is 0.121. The number of ether oxygens (including phenoxy) is 2. The Morgan fingerprint density at radius 2 is 1.70 bits per heavy atom. The van der Waals surface area contributed by atoms with E-state index in [1.807, 2.05) is 38.1 Å². The number of furan rings is 1. The number of nitro benzene ring substituents is 1. The average molecular weight is 642 g/mol. The van der Waals surface area contributed by atoms with Gasteiger partial charge in [0.15, 0.2) is 12.4 Å². The lowest BCUT2D eigenvalue weighted by Crippen LogP contribution is -2.20. The number of nitrogens with one attached hydrogen (secondary N) is 2. The van der Waals surface area contributed by atoms with Gasteiger partial charge in [-0.25, -0.2) is 5.43 Å². The molecule has 0 spiro atoms. The Morgan fingerprint density at radius 1 is 0.978 bits per heavy atom. The number of halogens is 1. The zero-order valence-electron chi connectivity index (χ0n) is 24.7. The van der Waals surface area contributed by atoms with Crippen molar-refractivity contribution in [2.45, 2.75) is 20.5 Å². The molecule has 12 nitrogen and oxygen atoms in total. The molecule has 0 aliphatic heterocycles. The number of benzene rings is 3. The Balaban J connectivity index is 1.14. The van der Waals surface area contributed by atoms with Crippen LogP contribution in [-0.2, 0) is 11.4 Å². The molecule has 0 aliphatic carbocycles. The molecular weight excluding hydrogens is 614 g/mol. The molecule has 0 bridgehead atoms.